The lowest BCUT2D eigenvalue weighted by atomic mass is 9.89. The van der Waals surface area contributed by atoms with E-state index in [2.05, 4.69) is 21.5 Å². The number of carboxylic acids is 1. The number of phosphoric acid groups is 1. The summed E-state index contributed by atoms with van der Waals surface area (Å²) in [5.41, 5.74) is 4.81. The number of aliphatic hydroxyl groups excluding tert-OH is 1. The molecular weight excluding hydrogens is 1220 g/mol. The number of nitrogens with zero attached hydrogens (tertiary/aromatic N) is 5. The van der Waals surface area contributed by atoms with Gasteiger partial charge < -0.3 is 63.1 Å². The number of benzene rings is 4. The van der Waals surface area contributed by atoms with E-state index in [1.807, 2.05) is 98.3 Å². The maximum Gasteiger partial charge on any atom is 0.476 e. The van der Waals surface area contributed by atoms with Gasteiger partial charge in [0.1, 0.15) is 50.1 Å². The van der Waals surface area contributed by atoms with E-state index < -0.39 is 78.0 Å². The number of carbonyl (C=O) groups is 7. The van der Waals surface area contributed by atoms with E-state index in [9.17, 15) is 67.3 Å². The average molecular weight is 1290 g/mol. The molecule has 89 heavy (non-hydrogen) atoms. The molecule has 29 heteroatoms. The number of carboxylic acid groups (broad SMARTS) is 1. The smallest absolute Gasteiger partial charge is 0.476 e. The summed E-state index contributed by atoms with van der Waals surface area (Å²) in [6, 6.07) is 23.6. The quantitative estimate of drug-likeness (QED) is 0.00638. The van der Waals surface area contributed by atoms with Crippen LogP contribution in [0.2, 0.25) is 0 Å². The molecule has 3 aromatic carbocycles. The van der Waals surface area contributed by atoms with Gasteiger partial charge in [0.25, 0.3) is 0 Å². The Morgan fingerprint density at radius 2 is 1.62 bits per heavy atom. The highest BCUT2D eigenvalue weighted by Gasteiger charge is 2.44. The number of ether oxygens (including phenoxy) is 1. The van der Waals surface area contributed by atoms with Crippen LogP contribution in [0.5, 0.6) is 0 Å². The second-order valence-corrected chi connectivity index (χ2v) is 27.4. The van der Waals surface area contributed by atoms with Gasteiger partial charge in [0.2, 0.25) is 23.1 Å². The van der Waals surface area contributed by atoms with E-state index >= 15 is 0 Å². The number of hydrogen-bond acceptors (Lipinski definition) is 16. The largest absolute Gasteiger partial charge is 0.478 e. The zero-order chi connectivity index (χ0) is 64.7. The fraction of sp³-hybridized carbons (Fsp3) is 0.367. The van der Waals surface area contributed by atoms with Crippen molar-refractivity contribution in [2.75, 3.05) is 58.7 Å². The molecule has 1 saturated heterocycles. The summed E-state index contributed by atoms with van der Waals surface area (Å²) in [5, 5.41) is 26.4. The molecule has 472 valence electrons. The molecule has 5 unspecified atom stereocenters. The van der Waals surface area contributed by atoms with Gasteiger partial charge in [-0.2, -0.15) is 0 Å². The van der Waals surface area contributed by atoms with E-state index in [-0.39, 0.29) is 105 Å². The molecule has 0 spiro atoms. The molecule has 5 atom stereocenters. The molecular formula is C60H68N6O20P3+. The normalized spacial score (nSPS) is 17.4. The summed E-state index contributed by atoms with van der Waals surface area (Å²) < 4.78 is 59.4. The first-order valence-corrected chi connectivity index (χ1v) is 33.2. The Balaban J connectivity index is 0.811. The Labute approximate surface area is 510 Å². The Morgan fingerprint density at radius 3 is 2.33 bits per heavy atom. The summed E-state index contributed by atoms with van der Waals surface area (Å²) in [7, 11) is -8.21. The molecule has 3 amide bonds. The van der Waals surface area contributed by atoms with Crippen molar-refractivity contribution in [2.45, 2.75) is 89.8 Å². The van der Waals surface area contributed by atoms with Gasteiger partial charge in [-0.15, -0.1) is 0 Å². The SMILES string of the molecule is CCN(Cc1cn(CC(=O)NCCCC(=O)c2ccc(-c3c4ccc(=[N+](C)C)cc-4oc4cc(N(C)C)ccc34)c(C(=O)O)c2)c2ccccc12)C(=O)CCC(=O)CCC#CC1=CN(C2CC(O)C(COP(=O)(O)CP(=O)(O)OP(=O)(O)O)O2)C(=O)CC1=O. The second kappa shape index (κ2) is 28.4. The number of para-hydroxylation sites is 1. The Hall–Kier alpha value is -7.75. The summed E-state index contributed by atoms with van der Waals surface area (Å²) in [5.74, 6) is 0.524. The lowest BCUT2D eigenvalue weighted by Gasteiger charge is -2.28. The monoisotopic (exact) mass is 1290 g/mol. The van der Waals surface area contributed by atoms with Crippen molar-refractivity contribution in [2.24, 2.45) is 0 Å². The lowest BCUT2D eigenvalue weighted by molar-refractivity contribution is -0.144. The second-order valence-electron chi connectivity index (χ2n) is 21.8. The zero-order valence-corrected chi connectivity index (χ0v) is 52.0. The number of aromatic carboxylic acids is 1. The van der Waals surface area contributed by atoms with E-state index in [0.717, 1.165) is 38.6 Å². The number of hydrogen-bond donors (Lipinski definition) is 7. The van der Waals surface area contributed by atoms with Crippen LogP contribution >= 0.6 is 23.0 Å². The number of carbonyl (C=O) groups excluding carboxylic acids is 6. The first kappa shape index (κ1) is 67.2. The van der Waals surface area contributed by atoms with Crippen molar-refractivity contribution in [3.63, 3.8) is 0 Å². The molecule has 4 aromatic rings. The topological polar surface area (TPSA) is 363 Å². The molecule has 4 aliphatic rings. The number of rotatable bonds is 26. The fourth-order valence-electron chi connectivity index (χ4n) is 10.3. The molecule has 7 N–H and O–H groups in total. The third-order valence-electron chi connectivity index (χ3n) is 14.8. The number of amides is 3. The first-order valence-electron chi connectivity index (χ1n) is 28.2. The van der Waals surface area contributed by atoms with E-state index in [0.29, 0.717) is 40.0 Å². The van der Waals surface area contributed by atoms with Crippen LogP contribution in [0.15, 0.2) is 101 Å². The van der Waals surface area contributed by atoms with Gasteiger partial charge in [-0.3, -0.25) is 42.8 Å². The maximum atomic E-state index is 13.6. The Morgan fingerprint density at radius 1 is 0.876 bits per heavy atom. The highest BCUT2D eigenvalue weighted by Crippen LogP contribution is 2.64. The van der Waals surface area contributed by atoms with Crippen molar-refractivity contribution < 1.29 is 95.0 Å². The van der Waals surface area contributed by atoms with E-state index in [1.54, 1.807) is 34.7 Å². The fourth-order valence-corrected chi connectivity index (χ4v) is 14.9. The molecule has 1 aromatic heterocycles. The highest BCUT2D eigenvalue weighted by atomic mass is 31.3. The van der Waals surface area contributed by atoms with Crippen LogP contribution in [0.4, 0.5) is 5.69 Å². The minimum atomic E-state index is -5.52. The minimum absolute atomic E-state index is 0.00187. The minimum Gasteiger partial charge on any atom is -0.478 e. The van der Waals surface area contributed by atoms with Crippen LogP contribution in [-0.2, 0) is 64.3 Å². The van der Waals surface area contributed by atoms with E-state index in [4.69, 9.17) is 23.5 Å². The molecule has 3 aliphatic heterocycles. The number of aliphatic hydroxyl groups is 1. The van der Waals surface area contributed by atoms with E-state index in [1.165, 1.54) is 6.07 Å². The molecule has 4 heterocycles. The summed E-state index contributed by atoms with van der Waals surface area (Å²) >= 11 is 0. The number of anilines is 1. The Bertz CT molecular complexity index is 4080. The molecule has 1 fully saturated rings. The number of nitrogens with one attached hydrogen (secondary N) is 1. The third kappa shape index (κ3) is 17.2. The summed E-state index contributed by atoms with van der Waals surface area (Å²) in [6.45, 7) is 1.54. The van der Waals surface area contributed by atoms with Crippen molar-refractivity contribution in [3.8, 4) is 34.3 Å². The summed E-state index contributed by atoms with van der Waals surface area (Å²) in [4.78, 5) is 134. The van der Waals surface area contributed by atoms with Crippen molar-refractivity contribution in [1.82, 2.24) is 24.3 Å². The standard InChI is InChI=1S/C60H67N6O20P3/c1-6-64(56(72)24-20-42(67)13-8-7-12-38-33-66(57(73)29-50(38)69)58-30-51(70)54(85-58)35-83-87(76,77)36-88(78,79)86-89(80,81)82)31-39-32-65(48-15-10-9-14-43(39)48)34-55(71)61-25-11-16-49(68)37-17-21-44(47(26-37)60(74)75)59-45-22-18-40(62(2)3)27-52(45)84-53-28-41(63(4)5)19-23-46(53)59/h9-10,14-15,17-19,21-23,26-28,32-33,51,54,58,70H,6,8,11,13,16,20,24-25,29-31,34-36H2,1-5H3,(H5-,61,71,74,75,76,77,78,79,80,81,82)/p+1. The van der Waals surface area contributed by atoms with Gasteiger partial charge in [-0.25, -0.2) is 18.2 Å². The van der Waals surface area contributed by atoms with Crippen molar-refractivity contribution >= 4 is 91.6 Å². The van der Waals surface area contributed by atoms with Gasteiger partial charge in [-0.1, -0.05) is 42.2 Å². The van der Waals surface area contributed by atoms with Crippen LogP contribution < -0.4 is 20.1 Å². The van der Waals surface area contributed by atoms with Gasteiger partial charge >= 0.3 is 29.0 Å². The Kier molecular flexibility index (Phi) is 21.4. The lowest BCUT2D eigenvalue weighted by Crippen LogP contribution is -2.41. The number of allylic oxidation sites excluding steroid dienone is 1. The van der Waals surface area contributed by atoms with Crippen LogP contribution in [-0.4, -0.2) is 157 Å². The molecule has 8 rings (SSSR count). The van der Waals surface area contributed by atoms with Gasteiger partial charge in [0.15, 0.2) is 17.5 Å². The van der Waals surface area contributed by atoms with Crippen molar-refractivity contribution in [1.29, 1.82) is 0 Å². The zero-order valence-electron chi connectivity index (χ0n) is 49.3. The van der Waals surface area contributed by atoms with Crippen LogP contribution in [0.1, 0.15) is 84.6 Å². The van der Waals surface area contributed by atoms with Gasteiger partial charge in [0, 0.05) is 135 Å². The number of Topliss-reactive ketones (excluding diaryl/α,β-unsaturated/α-hetero) is 3. The molecule has 26 nitrogen and oxygen atoms in total. The number of fused-ring (bicyclic) bond motifs is 3. The summed E-state index contributed by atoms with van der Waals surface area (Å²) in [6.07, 6.45) is -1.90. The van der Waals surface area contributed by atoms with Crippen LogP contribution in [0.3, 0.4) is 0 Å². The first-order chi connectivity index (χ1) is 42.0. The predicted octanol–water partition coefficient (Wildman–Crippen LogP) is 5.83. The molecule has 1 aliphatic carbocycles. The van der Waals surface area contributed by atoms with Gasteiger partial charge in [0.05, 0.1) is 36.3 Å². The van der Waals surface area contributed by atoms with Gasteiger partial charge in [-0.05, 0) is 54.8 Å². The molecule has 0 saturated carbocycles. The average Bonchev–Trinajstić information content (AvgIpc) is 1.45. The molecule has 0 radical (unpaired) electrons. The van der Waals surface area contributed by atoms with Crippen LogP contribution in [0, 0.1) is 11.8 Å². The van der Waals surface area contributed by atoms with Crippen LogP contribution in [0.25, 0.3) is 44.3 Å². The maximum absolute atomic E-state index is 13.6. The third-order valence-corrected chi connectivity index (χ3v) is 20.1. The predicted molar refractivity (Wildman–Crippen MR) is 325 cm³/mol. The molecule has 0 bridgehead atoms. The number of ketones is 3. The van der Waals surface area contributed by atoms with Crippen molar-refractivity contribution in [3.05, 3.63) is 119 Å². The number of aromatic nitrogens is 1. The highest BCUT2D eigenvalue weighted by molar-refractivity contribution is 7.74.